The van der Waals surface area contributed by atoms with Gasteiger partial charge in [-0.05, 0) is 64.2 Å². The molecule has 0 spiro atoms. The highest BCUT2D eigenvalue weighted by Gasteiger charge is 2.51. The standard InChI is InChI=1S/C20H26BNO2/c1-19(2)20(3,4)24-21(23-19)16-9-7-10-17(14-16)22-13-12-15-8-5-6-11-18(15)22/h5-7,9-11,14-15H,8,12-13H2,1-4H3. The van der Waals surface area contributed by atoms with Crippen LogP contribution in [0.15, 0.2) is 48.2 Å². The monoisotopic (exact) mass is 323 g/mol. The SMILES string of the molecule is CC1(C)OB(c2cccc(N3CCC4CC=CC=C43)c2)OC1(C)C. The van der Waals surface area contributed by atoms with E-state index in [9.17, 15) is 0 Å². The summed E-state index contributed by atoms with van der Waals surface area (Å²) in [5, 5.41) is 0. The Morgan fingerprint density at radius 2 is 1.88 bits per heavy atom. The number of hydrogen-bond donors (Lipinski definition) is 0. The van der Waals surface area contributed by atoms with Gasteiger partial charge in [0.15, 0.2) is 0 Å². The lowest BCUT2D eigenvalue weighted by Crippen LogP contribution is -2.41. The topological polar surface area (TPSA) is 21.7 Å². The molecule has 2 saturated heterocycles. The van der Waals surface area contributed by atoms with Gasteiger partial charge in [0.1, 0.15) is 0 Å². The Hall–Kier alpha value is -1.52. The average Bonchev–Trinajstić information content (AvgIpc) is 3.06. The van der Waals surface area contributed by atoms with Gasteiger partial charge in [-0.3, -0.25) is 0 Å². The van der Waals surface area contributed by atoms with Crippen LogP contribution in [0, 0.1) is 5.92 Å². The van der Waals surface area contributed by atoms with Crippen LogP contribution in [0.2, 0.25) is 0 Å². The third kappa shape index (κ3) is 2.53. The second kappa shape index (κ2) is 5.50. The van der Waals surface area contributed by atoms with Gasteiger partial charge in [0.25, 0.3) is 0 Å². The molecular formula is C20H26BNO2. The summed E-state index contributed by atoms with van der Waals surface area (Å²) in [5.41, 5.74) is 3.18. The second-order valence-corrected chi connectivity index (χ2v) is 8.08. The van der Waals surface area contributed by atoms with Gasteiger partial charge < -0.3 is 14.2 Å². The Morgan fingerprint density at radius 3 is 2.62 bits per heavy atom. The van der Waals surface area contributed by atoms with E-state index in [0.717, 1.165) is 12.0 Å². The van der Waals surface area contributed by atoms with Gasteiger partial charge in [0.2, 0.25) is 0 Å². The third-order valence-corrected chi connectivity index (χ3v) is 5.96. The molecular weight excluding hydrogens is 297 g/mol. The quantitative estimate of drug-likeness (QED) is 0.776. The molecule has 1 aromatic rings. The molecule has 0 N–H and O–H groups in total. The molecule has 2 fully saturated rings. The molecule has 4 heteroatoms. The molecule has 1 aromatic carbocycles. The molecule has 0 radical (unpaired) electrons. The van der Waals surface area contributed by atoms with Crippen LogP contribution >= 0.6 is 0 Å². The molecule has 4 rings (SSSR count). The number of rotatable bonds is 2. The molecule has 126 valence electrons. The number of allylic oxidation sites excluding steroid dienone is 4. The van der Waals surface area contributed by atoms with E-state index in [4.69, 9.17) is 9.31 Å². The third-order valence-electron chi connectivity index (χ3n) is 5.96. The minimum atomic E-state index is -0.302. The van der Waals surface area contributed by atoms with Gasteiger partial charge in [-0.15, -0.1) is 0 Å². The van der Waals surface area contributed by atoms with E-state index in [-0.39, 0.29) is 18.3 Å². The van der Waals surface area contributed by atoms with Crippen LogP contribution in [-0.4, -0.2) is 24.9 Å². The Morgan fingerprint density at radius 1 is 1.12 bits per heavy atom. The van der Waals surface area contributed by atoms with E-state index < -0.39 is 0 Å². The second-order valence-electron chi connectivity index (χ2n) is 8.08. The lowest BCUT2D eigenvalue weighted by atomic mass is 9.79. The van der Waals surface area contributed by atoms with Crippen LogP contribution in [0.5, 0.6) is 0 Å². The number of fused-ring (bicyclic) bond motifs is 1. The average molecular weight is 323 g/mol. The summed E-state index contributed by atoms with van der Waals surface area (Å²) in [4.78, 5) is 2.45. The first kappa shape index (κ1) is 16.0. The molecule has 0 bridgehead atoms. The number of benzene rings is 1. The first-order valence-corrected chi connectivity index (χ1v) is 8.97. The number of hydrogen-bond acceptors (Lipinski definition) is 3. The van der Waals surface area contributed by atoms with Crippen LogP contribution in [-0.2, 0) is 9.31 Å². The van der Waals surface area contributed by atoms with E-state index in [1.54, 1.807) is 0 Å². The molecule has 0 amide bonds. The summed E-state index contributed by atoms with van der Waals surface area (Å²) in [6.45, 7) is 9.48. The highest BCUT2D eigenvalue weighted by Crippen LogP contribution is 2.38. The molecule has 24 heavy (non-hydrogen) atoms. The van der Waals surface area contributed by atoms with E-state index in [2.05, 4.69) is 75.1 Å². The maximum Gasteiger partial charge on any atom is 0.494 e. The predicted octanol–water partition coefficient (Wildman–Crippen LogP) is 3.66. The summed E-state index contributed by atoms with van der Waals surface area (Å²) in [7, 11) is -0.298. The largest absolute Gasteiger partial charge is 0.494 e. The van der Waals surface area contributed by atoms with Gasteiger partial charge in [0.05, 0.1) is 11.2 Å². The number of anilines is 1. The van der Waals surface area contributed by atoms with Crippen LogP contribution in [0.3, 0.4) is 0 Å². The van der Waals surface area contributed by atoms with Crippen molar-refractivity contribution in [1.82, 2.24) is 0 Å². The molecule has 1 atom stereocenters. The first-order valence-electron chi connectivity index (χ1n) is 8.97. The van der Waals surface area contributed by atoms with Gasteiger partial charge in [-0.25, -0.2) is 0 Å². The minimum absolute atomic E-state index is 0.298. The Balaban J connectivity index is 1.61. The molecule has 2 heterocycles. The smallest absolute Gasteiger partial charge is 0.399 e. The molecule has 1 aliphatic carbocycles. The zero-order valence-corrected chi connectivity index (χ0v) is 15.1. The zero-order valence-electron chi connectivity index (χ0n) is 15.1. The highest BCUT2D eigenvalue weighted by atomic mass is 16.7. The van der Waals surface area contributed by atoms with Crippen LogP contribution < -0.4 is 10.4 Å². The van der Waals surface area contributed by atoms with Gasteiger partial charge in [-0.2, -0.15) is 0 Å². The van der Waals surface area contributed by atoms with Crippen LogP contribution in [0.25, 0.3) is 0 Å². The van der Waals surface area contributed by atoms with Crippen molar-refractivity contribution < 1.29 is 9.31 Å². The molecule has 1 unspecified atom stereocenters. The van der Waals surface area contributed by atoms with Crippen molar-refractivity contribution >= 4 is 18.3 Å². The van der Waals surface area contributed by atoms with Crippen molar-refractivity contribution in [3.63, 3.8) is 0 Å². The Labute approximate surface area is 145 Å². The summed E-state index contributed by atoms with van der Waals surface area (Å²) in [6.07, 6.45) is 9.12. The fraction of sp³-hybridized carbons (Fsp3) is 0.500. The van der Waals surface area contributed by atoms with Crippen LogP contribution in [0.4, 0.5) is 5.69 Å². The van der Waals surface area contributed by atoms with Crippen molar-refractivity contribution in [3.8, 4) is 0 Å². The summed E-state index contributed by atoms with van der Waals surface area (Å²) in [5.74, 6) is 0.676. The van der Waals surface area contributed by atoms with Crippen molar-refractivity contribution in [3.05, 3.63) is 48.2 Å². The van der Waals surface area contributed by atoms with E-state index in [0.29, 0.717) is 5.92 Å². The van der Waals surface area contributed by atoms with Crippen molar-refractivity contribution in [2.45, 2.75) is 51.7 Å². The fourth-order valence-electron chi connectivity index (χ4n) is 3.75. The molecule has 3 nitrogen and oxygen atoms in total. The normalized spacial score (nSPS) is 27.3. The molecule has 0 aromatic heterocycles. The Kier molecular flexibility index (Phi) is 3.66. The summed E-state index contributed by atoms with van der Waals surface area (Å²) >= 11 is 0. The van der Waals surface area contributed by atoms with Crippen molar-refractivity contribution in [2.24, 2.45) is 5.92 Å². The first-order chi connectivity index (χ1) is 11.4. The van der Waals surface area contributed by atoms with Gasteiger partial charge in [-0.1, -0.05) is 24.3 Å². The maximum absolute atomic E-state index is 6.21. The molecule has 3 aliphatic rings. The minimum Gasteiger partial charge on any atom is -0.399 e. The number of nitrogens with zero attached hydrogens (tertiary/aromatic N) is 1. The van der Waals surface area contributed by atoms with Crippen molar-refractivity contribution in [2.75, 3.05) is 11.4 Å². The van der Waals surface area contributed by atoms with E-state index in [1.807, 2.05) is 0 Å². The van der Waals surface area contributed by atoms with Crippen LogP contribution in [0.1, 0.15) is 40.5 Å². The molecule has 2 aliphatic heterocycles. The van der Waals surface area contributed by atoms with E-state index >= 15 is 0 Å². The lowest BCUT2D eigenvalue weighted by Gasteiger charge is -2.32. The van der Waals surface area contributed by atoms with Crippen molar-refractivity contribution in [1.29, 1.82) is 0 Å². The van der Waals surface area contributed by atoms with E-state index in [1.165, 1.54) is 24.2 Å². The van der Waals surface area contributed by atoms with Gasteiger partial charge in [0, 0.05) is 23.8 Å². The fourth-order valence-corrected chi connectivity index (χ4v) is 3.75. The highest BCUT2D eigenvalue weighted by molar-refractivity contribution is 6.62. The summed E-state index contributed by atoms with van der Waals surface area (Å²) in [6, 6.07) is 8.64. The van der Waals surface area contributed by atoms with Gasteiger partial charge >= 0.3 is 7.12 Å². The predicted molar refractivity (Wildman–Crippen MR) is 99.5 cm³/mol. The molecule has 0 saturated carbocycles. The Bertz CT molecular complexity index is 691. The lowest BCUT2D eigenvalue weighted by molar-refractivity contribution is 0.00578. The summed E-state index contributed by atoms with van der Waals surface area (Å²) < 4.78 is 12.4. The zero-order chi connectivity index (χ0) is 16.9. The maximum atomic E-state index is 6.21.